The Kier molecular flexibility index (Phi) is 4.46. The molecular formula is C20H20N2O6. The van der Waals surface area contributed by atoms with Gasteiger partial charge in [-0.15, -0.1) is 0 Å². The van der Waals surface area contributed by atoms with Crippen LogP contribution in [-0.4, -0.2) is 32.8 Å². The highest BCUT2D eigenvalue weighted by molar-refractivity contribution is 6.17. The van der Waals surface area contributed by atoms with E-state index in [-0.39, 0.29) is 18.6 Å². The Hall–Kier alpha value is -3.42. The minimum absolute atomic E-state index is 0.154. The molecule has 8 nitrogen and oxygen atoms in total. The highest BCUT2D eigenvalue weighted by atomic mass is 16.7. The molecule has 0 radical (unpaired) electrons. The molecule has 0 unspecified atom stereocenters. The number of ether oxygens (including phenoxy) is 4. The fourth-order valence-corrected chi connectivity index (χ4v) is 3.06. The van der Waals surface area contributed by atoms with Gasteiger partial charge in [-0.3, -0.25) is 9.59 Å². The molecule has 4 rings (SSSR count). The van der Waals surface area contributed by atoms with Gasteiger partial charge in [-0.05, 0) is 37.1 Å². The van der Waals surface area contributed by atoms with E-state index in [9.17, 15) is 9.59 Å². The molecule has 146 valence electrons. The van der Waals surface area contributed by atoms with Crippen molar-refractivity contribution in [3.05, 3.63) is 36.4 Å². The molecule has 2 aromatic carbocycles. The van der Waals surface area contributed by atoms with E-state index in [0.29, 0.717) is 47.2 Å². The largest absolute Gasteiger partial charge is 0.497 e. The number of anilines is 2. The summed E-state index contributed by atoms with van der Waals surface area (Å²) < 4.78 is 21.1. The summed E-state index contributed by atoms with van der Waals surface area (Å²) in [6, 6.07) is 10.2. The van der Waals surface area contributed by atoms with E-state index >= 15 is 0 Å². The van der Waals surface area contributed by atoms with Crippen LogP contribution in [0.2, 0.25) is 0 Å². The Bertz CT molecular complexity index is 938. The summed E-state index contributed by atoms with van der Waals surface area (Å²) in [6.07, 6.45) is 0.947. The lowest BCUT2D eigenvalue weighted by molar-refractivity contribution is -0.131. The number of fused-ring (bicyclic) bond motifs is 1. The van der Waals surface area contributed by atoms with Gasteiger partial charge in [-0.2, -0.15) is 0 Å². The minimum Gasteiger partial charge on any atom is -0.497 e. The van der Waals surface area contributed by atoms with E-state index in [0.717, 1.165) is 0 Å². The standard InChI is InChI=1S/C20H20N2O6/c1-25-13-4-6-15(26-2)14(10-13)22-19(24)20(7-8-20)18(23)21-12-3-5-16-17(9-12)28-11-27-16/h3-6,9-10H,7-8,11H2,1-2H3,(H,21,23)(H,22,24). The third kappa shape index (κ3) is 3.17. The number of carbonyl (C=O) groups excluding carboxylic acids is 2. The Morgan fingerprint density at radius 1 is 0.929 bits per heavy atom. The molecule has 2 N–H and O–H groups in total. The maximum Gasteiger partial charge on any atom is 0.240 e. The second-order valence-electron chi connectivity index (χ2n) is 6.62. The normalized spacial score (nSPS) is 15.5. The predicted octanol–water partition coefficient (Wildman–Crippen LogP) is 2.79. The first-order valence-corrected chi connectivity index (χ1v) is 8.80. The summed E-state index contributed by atoms with van der Waals surface area (Å²) in [6.45, 7) is 0.154. The van der Waals surface area contributed by atoms with Crippen LogP contribution in [0.4, 0.5) is 11.4 Å². The van der Waals surface area contributed by atoms with E-state index in [2.05, 4.69) is 10.6 Å². The summed E-state index contributed by atoms with van der Waals surface area (Å²) in [7, 11) is 3.05. The molecule has 1 heterocycles. The molecule has 0 saturated heterocycles. The first-order valence-electron chi connectivity index (χ1n) is 8.80. The van der Waals surface area contributed by atoms with E-state index in [4.69, 9.17) is 18.9 Å². The van der Waals surface area contributed by atoms with Gasteiger partial charge in [0.1, 0.15) is 16.9 Å². The molecule has 0 aromatic heterocycles. The fraction of sp³-hybridized carbons (Fsp3) is 0.300. The maximum atomic E-state index is 12.9. The van der Waals surface area contributed by atoms with Gasteiger partial charge in [0.25, 0.3) is 0 Å². The molecule has 1 aliphatic carbocycles. The topological polar surface area (TPSA) is 95.1 Å². The third-order valence-corrected chi connectivity index (χ3v) is 4.90. The Morgan fingerprint density at radius 3 is 2.39 bits per heavy atom. The van der Waals surface area contributed by atoms with Crippen LogP contribution in [0.5, 0.6) is 23.0 Å². The van der Waals surface area contributed by atoms with Crippen molar-refractivity contribution in [2.75, 3.05) is 31.6 Å². The van der Waals surface area contributed by atoms with Gasteiger partial charge in [0, 0.05) is 17.8 Å². The van der Waals surface area contributed by atoms with Crippen molar-refractivity contribution in [1.82, 2.24) is 0 Å². The number of hydrogen-bond acceptors (Lipinski definition) is 6. The zero-order valence-electron chi connectivity index (χ0n) is 15.5. The van der Waals surface area contributed by atoms with Crippen molar-refractivity contribution in [2.45, 2.75) is 12.8 Å². The number of amides is 2. The van der Waals surface area contributed by atoms with Crippen molar-refractivity contribution in [1.29, 1.82) is 0 Å². The lowest BCUT2D eigenvalue weighted by Gasteiger charge is -2.17. The molecule has 1 saturated carbocycles. The molecule has 28 heavy (non-hydrogen) atoms. The van der Waals surface area contributed by atoms with Gasteiger partial charge in [0.2, 0.25) is 18.6 Å². The molecular weight excluding hydrogens is 364 g/mol. The van der Waals surface area contributed by atoms with Crippen LogP contribution in [0.15, 0.2) is 36.4 Å². The van der Waals surface area contributed by atoms with Crippen LogP contribution < -0.4 is 29.6 Å². The minimum atomic E-state index is -1.11. The number of methoxy groups -OCH3 is 2. The number of nitrogens with one attached hydrogen (secondary N) is 2. The lowest BCUT2D eigenvalue weighted by Crippen LogP contribution is -2.35. The highest BCUT2D eigenvalue weighted by Gasteiger charge is 2.56. The van der Waals surface area contributed by atoms with Crippen molar-refractivity contribution < 1.29 is 28.5 Å². The van der Waals surface area contributed by atoms with Crippen molar-refractivity contribution in [2.24, 2.45) is 5.41 Å². The average molecular weight is 384 g/mol. The van der Waals surface area contributed by atoms with E-state index in [1.54, 1.807) is 36.4 Å². The van der Waals surface area contributed by atoms with Crippen LogP contribution >= 0.6 is 0 Å². The lowest BCUT2D eigenvalue weighted by atomic mass is 10.0. The van der Waals surface area contributed by atoms with Gasteiger partial charge in [0.05, 0.1) is 19.9 Å². The Labute approximate surface area is 161 Å². The molecule has 8 heteroatoms. The number of hydrogen-bond donors (Lipinski definition) is 2. The van der Waals surface area contributed by atoms with E-state index in [1.807, 2.05) is 0 Å². The summed E-state index contributed by atoms with van der Waals surface area (Å²) in [5.41, 5.74) is -0.105. The highest BCUT2D eigenvalue weighted by Crippen LogP contribution is 2.48. The molecule has 2 aromatic rings. The van der Waals surface area contributed by atoms with Gasteiger partial charge in [-0.25, -0.2) is 0 Å². The van der Waals surface area contributed by atoms with Gasteiger partial charge < -0.3 is 29.6 Å². The SMILES string of the molecule is COc1ccc(OC)c(NC(=O)C2(C(=O)Nc3ccc4c(c3)OCO4)CC2)c1. The van der Waals surface area contributed by atoms with Crippen molar-refractivity contribution in [3.63, 3.8) is 0 Å². The summed E-state index contributed by atoms with van der Waals surface area (Å²) in [5, 5.41) is 5.60. The fourth-order valence-electron chi connectivity index (χ4n) is 3.06. The summed E-state index contributed by atoms with van der Waals surface area (Å²) in [4.78, 5) is 25.7. The summed E-state index contributed by atoms with van der Waals surface area (Å²) in [5.74, 6) is 1.52. The van der Waals surface area contributed by atoms with Gasteiger partial charge >= 0.3 is 0 Å². The summed E-state index contributed by atoms with van der Waals surface area (Å²) >= 11 is 0. The van der Waals surface area contributed by atoms with Crippen LogP contribution in [0.3, 0.4) is 0 Å². The van der Waals surface area contributed by atoms with Gasteiger partial charge in [0.15, 0.2) is 11.5 Å². The van der Waals surface area contributed by atoms with Gasteiger partial charge in [-0.1, -0.05) is 0 Å². The molecule has 1 fully saturated rings. The monoisotopic (exact) mass is 384 g/mol. The average Bonchev–Trinajstić information content (AvgIpc) is 3.40. The maximum absolute atomic E-state index is 12.9. The number of carbonyl (C=O) groups is 2. The van der Waals surface area contributed by atoms with Crippen LogP contribution in [0.1, 0.15) is 12.8 Å². The van der Waals surface area contributed by atoms with Crippen LogP contribution in [0.25, 0.3) is 0 Å². The quantitative estimate of drug-likeness (QED) is 0.744. The molecule has 2 aliphatic rings. The molecule has 0 bridgehead atoms. The van der Waals surface area contributed by atoms with E-state index < -0.39 is 5.41 Å². The zero-order chi connectivity index (χ0) is 19.7. The Balaban J connectivity index is 1.49. The van der Waals surface area contributed by atoms with Crippen molar-refractivity contribution >= 4 is 23.2 Å². The zero-order valence-corrected chi connectivity index (χ0v) is 15.5. The third-order valence-electron chi connectivity index (χ3n) is 4.90. The second-order valence-corrected chi connectivity index (χ2v) is 6.62. The van der Waals surface area contributed by atoms with Crippen molar-refractivity contribution in [3.8, 4) is 23.0 Å². The smallest absolute Gasteiger partial charge is 0.240 e. The first kappa shape index (κ1) is 18.0. The predicted molar refractivity (Wildman–Crippen MR) is 101 cm³/mol. The van der Waals surface area contributed by atoms with E-state index in [1.165, 1.54) is 14.2 Å². The number of benzene rings is 2. The molecule has 0 spiro atoms. The molecule has 0 atom stereocenters. The van der Waals surface area contributed by atoms with Crippen LogP contribution in [-0.2, 0) is 9.59 Å². The first-order chi connectivity index (χ1) is 13.6. The second kappa shape index (κ2) is 6.95. The molecule has 1 aliphatic heterocycles. The Morgan fingerprint density at radius 2 is 1.68 bits per heavy atom. The number of rotatable bonds is 6. The van der Waals surface area contributed by atoms with Crippen LogP contribution in [0, 0.1) is 5.41 Å². The molecule has 2 amide bonds.